The van der Waals surface area contributed by atoms with Crippen molar-refractivity contribution in [1.29, 1.82) is 0 Å². The zero-order valence-electron chi connectivity index (χ0n) is 10.0. The number of nitrogens with two attached hydrogens (primary N) is 1. The van der Waals surface area contributed by atoms with Gasteiger partial charge in [-0.25, -0.2) is 4.98 Å². The lowest BCUT2D eigenvalue weighted by molar-refractivity contribution is 0.529. The summed E-state index contributed by atoms with van der Waals surface area (Å²) in [5.41, 5.74) is 9.10. The Morgan fingerprint density at radius 3 is 2.44 bits per heavy atom. The highest BCUT2D eigenvalue weighted by molar-refractivity contribution is 5.69. The highest BCUT2D eigenvalue weighted by Gasteiger charge is 2.19. The normalized spacial score (nSPS) is 11.0. The molecular formula is C11H16N4O. The monoisotopic (exact) mass is 220 g/mol. The smallest absolute Gasteiger partial charge is 0.247 e. The van der Waals surface area contributed by atoms with E-state index in [1.807, 2.05) is 32.4 Å². The van der Waals surface area contributed by atoms with Crippen LogP contribution in [0.5, 0.6) is 0 Å². The fraction of sp³-hybridized carbons (Fsp3) is 0.455. The third-order valence-corrected chi connectivity index (χ3v) is 2.70. The van der Waals surface area contributed by atoms with Crippen LogP contribution in [-0.2, 0) is 6.54 Å². The van der Waals surface area contributed by atoms with Crippen LogP contribution in [0, 0.1) is 20.8 Å². The van der Waals surface area contributed by atoms with E-state index >= 15 is 0 Å². The molecule has 0 fully saturated rings. The van der Waals surface area contributed by atoms with E-state index in [0.29, 0.717) is 11.6 Å². The van der Waals surface area contributed by atoms with E-state index in [-0.39, 0.29) is 0 Å². The van der Waals surface area contributed by atoms with Crippen molar-refractivity contribution in [3.63, 3.8) is 0 Å². The highest BCUT2D eigenvalue weighted by atomic mass is 16.4. The number of nitrogen functional groups attached to an aromatic ring is 1. The van der Waals surface area contributed by atoms with Crippen LogP contribution >= 0.6 is 0 Å². The molecule has 0 bridgehead atoms. The maximum atomic E-state index is 5.99. The van der Waals surface area contributed by atoms with Gasteiger partial charge in [-0.2, -0.15) is 5.10 Å². The van der Waals surface area contributed by atoms with Gasteiger partial charge in [-0.3, -0.25) is 4.68 Å². The molecule has 0 aliphatic carbocycles. The predicted molar refractivity (Wildman–Crippen MR) is 62.0 cm³/mol. The van der Waals surface area contributed by atoms with Crippen LogP contribution in [0.4, 0.5) is 5.69 Å². The molecule has 0 radical (unpaired) electrons. The summed E-state index contributed by atoms with van der Waals surface area (Å²) in [4.78, 5) is 4.36. The van der Waals surface area contributed by atoms with Gasteiger partial charge in [-0.15, -0.1) is 0 Å². The minimum atomic E-state index is 0.551. The number of rotatable bonds is 2. The van der Waals surface area contributed by atoms with E-state index in [4.69, 9.17) is 10.2 Å². The molecule has 5 heteroatoms. The molecule has 0 unspecified atom stereocenters. The average molecular weight is 220 g/mol. The molecule has 86 valence electrons. The van der Waals surface area contributed by atoms with Gasteiger partial charge in [-0.05, 0) is 27.7 Å². The molecule has 2 aromatic rings. The van der Waals surface area contributed by atoms with Crippen LogP contribution in [-0.4, -0.2) is 14.8 Å². The molecule has 0 atom stereocenters. The second-order valence-electron chi connectivity index (χ2n) is 3.82. The Labute approximate surface area is 94.3 Å². The fourth-order valence-corrected chi connectivity index (χ4v) is 1.62. The van der Waals surface area contributed by atoms with Gasteiger partial charge in [0, 0.05) is 6.54 Å². The van der Waals surface area contributed by atoms with Gasteiger partial charge >= 0.3 is 0 Å². The number of hydrogen-bond acceptors (Lipinski definition) is 4. The van der Waals surface area contributed by atoms with Crippen molar-refractivity contribution in [3.05, 3.63) is 17.1 Å². The maximum Gasteiger partial charge on any atom is 0.247 e. The lowest BCUT2D eigenvalue weighted by Crippen LogP contribution is -2.00. The van der Waals surface area contributed by atoms with Crippen LogP contribution < -0.4 is 5.73 Å². The fourth-order valence-electron chi connectivity index (χ4n) is 1.62. The second kappa shape index (κ2) is 3.66. The molecule has 0 aliphatic heterocycles. The molecule has 2 aromatic heterocycles. The molecule has 0 spiro atoms. The summed E-state index contributed by atoms with van der Waals surface area (Å²) in [6.45, 7) is 8.44. The molecule has 0 saturated carbocycles. The van der Waals surface area contributed by atoms with Crippen molar-refractivity contribution in [2.75, 3.05) is 5.73 Å². The summed E-state index contributed by atoms with van der Waals surface area (Å²) in [5.74, 6) is 1.37. The largest absolute Gasteiger partial charge is 0.440 e. The first-order valence-electron chi connectivity index (χ1n) is 5.31. The quantitative estimate of drug-likeness (QED) is 0.841. The van der Waals surface area contributed by atoms with E-state index in [1.165, 1.54) is 0 Å². The number of oxazole rings is 1. The van der Waals surface area contributed by atoms with Crippen molar-refractivity contribution in [3.8, 4) is 11.6 Å². The molecule has 2 heterocycles. The number of nitrogens with zero attached hydrogens (tertiary/aromatic N) is 3. The van der Waals surface area contributed by atoms with Crippen molar-refractivity contribution in [1.82, 2.24) is 14.8 Å². The molecular weight excluding hydrogens is 204 g/mol. The molecule has 16 heavy (non-hydrogen) atoms. The molecule has 0 aromatic carbocycles. The highest BCUT2D eigenvalue weighted by Crippen LogP contribution is 2.28. The second-order valence-corrected chi connectivity index (χ2v) is 3.82. The standard InChI is InChI=1S/C11H16N4O/c1-5-15-10(9(12)7(3)14-15)11-13-6(2)8(4)16-11/h5,12H2,1-4H3. The van der Waals surface area contributed by atoms with E-state index in [0.717, 1.165) is 29.4 Å². The summed E-state index contributed by atoms with van der Waals surface area (Å²) in [6.07, 6.45) is 0. The molecule has 0 amide bonds. The third-order valence-electron chi connectivity index (χ3n) is 2.70. The lowest BCUT2D eigenvalue weighted by Gasteiger charge is -2.00. The first kappa shape index (κ1) is 10.7. The van der Waals surface area contributed by atoms with E-state index in [1.54, 1.807) is 0 Å². The Bertz CT molecular complexity index is 505. The molecule has 2 N–H and O–H groups in total. The molecule has 0 saturated heterocycles. The predicted octanol–water partition coefficient (Wildman–Crippen LogP) is 2.07. The molecule has 2 rings (SSSR count). The zero-order valence-corrected chi connectivity index (χ0v) is 10.0. The Hall–Kier alpha value is -1.78. The van der Waals surface area contributed by atoms with Gasteiger partial charge in [-0.1, -0.05) is 0 Å². The Morgan fingerprint density at radius 1 is 1.25 bits per heavy atom. The van der Waals surface area contributed by atoms with Crippen LogP contribution in [0.15, 0.2) is 4.42 Å². The summed E-state index contributed by atoms with van der Waals surface area (Å²) < 4.78 is 7.40. The molecule has 5 nitrogen and oxygen atoms in total. The van der Waals surface area contributed by atoms with Gasteiger partial charge < -0.3 is 10.2 Å². The number of aromatic nitrogens is 3. The zero-order chi connectivity index (χ0) is 11.9. The third kappa shape index (κ3) is 1.48. The van der Waals surface area contributed by atoms with Crippen LogP contribution in [0.3, 0.4) is 0 Å². The van der Waals surface area contributed by atoms with Gasteiger partial charge in [0.2, 0.25) is 5.89 Å². The van der Waals surface area contributed by atoms with Crippen LogP contribution in [0.1, 0.15) is 24.1 Å². The average Bonchev–Trinajstić information content (AvgIpc) is 2.70. The van der Waals surface area contributed by atoms with Crippen LogP contribution in [0.2, 0.25) is 0 Å². The van der Waals surface area contributed by atoms with E-state index < -0.39 is 0 Å². The van der Waals surface area contributed by atoms with E-state index in [9.17, 15) is 0 Å². The summed E-state index contributed by atoms with van der Waals surface area (Å²) in [6, 6.07) is 0. The van der Waals surface area contributed by atoms with Crippen molar-refractivity contribution in [2.24, 2.45) is 0 Å². The van der Waals surface area contributed by atoms with Gasteiger partial charge in [0.05, 0.1) is 17.1 Å². The summed E-state index contributed by atoms with van der Waals surface area (Å²) in [5, 5.41) is 4.34. The lowest BCUT2D eigenvalue weighted by atomic mass is 10.3. The minimum absolute atomic E-state index is 0.551. The van der Waals surface area contributed by atoms with Crippen molar-refractivity contribution >= 4 is 5.69 Å². The minimum Gasteiger partial charge on any atom is -0.440 e. The first-order chi connectivity index (χ1) is 7.54. The van der Waals surface area contributed by atoms with Crippen molar-refractivity contribution in [2.45, 2.75) is 34.2 Å². The topological polar surface area (TPSA) is 69.9 Å². The Balaban J connectivity index is 2.62. The SMILES string of the molecule is CCn1nc(C)c(N)c1-c1nc(C)c(C)o1. The van der Waals surface area contributed by atoms with Crippen molar-refractivity contribution < 1.29 is 4.42 Å². The number of aryl methyl sites for hydroxylation is 4. The van der Waals surface area contributed by atoms with Gasteiger partial charge in [0.15, 0.2) is 0 Å². The van der Waals surface area contributed by atoms with E-state index in [2.05, 4.69) is 10.1 Å². The molecule has 0 aliphatic rings. The Kier molecular flexibility index (Phi) is 2.46. The first-order valence-corrected chi connectivity index (χ1v) is 5.31. The maximum absolute atomic E-state index is 5.99. The number of anilines is 1. The van der Waals surface area contributed by atoms with Gasteiger partial charge in [0.25, 0.3) is 0 Å². The van der Waals surface area contributed by atoms with Gasteiger partial charge in [0.1, 0.15) is 11.5 Å². The number of hydrogen-bond donors (Lipinski definition) is 1. The summed E-state index contributed by atoms with van der Waals surface area (Å²) >= 11 is 0. The summed E-state index contributed by atoms with van der Waals surface area (Å²) in [7, 11) is 0. The van der Waals surface area contributed by atoms with Crippen LogP contribution in [0.25, 0.3) is 11.6 Å². The Morgan fingerprint density at radius 2 is 1.94 bits per heavy atom.